The van der Waals surface area contributed by atoms with Crippen LogP contribution in [0.15, 0.2) is 22.7 Å². The van der Waals surface area contributed by atoms with Gasteiger partial charge in [-0.25, -0.2) is 0 Å². The van der Waals surface area contributed by atoms with Gasteiger partial charge < -0.3 is 20.1 Å². The lowest BCUT2D eigenvalue weighted by molar-refractivity contribution is -0.139. The molecule has 0 saturated carbocycles. The van der Waals surface area contributed by atoms with Crippen molar-refractivity contribution in [1.29, 1.82) is 0 Å². The van der Waals surface area contributed by atoms with Crippen LogP contribution in [-0.2, 0) is 19.1 Å². The van der Waals surface area contributed by atoms with Gasteiger partial charge in [-0.3, -0.25) is 9.59 Å². The van der Waals surface area contributed by atoms with Crippen molar-refractivity contribution in [2.24, 2.45) is 0 Å². The summed E-state index contributed by atoms with van der Waals surface area (Å²) in [5.41, 5.74) is 1.52. The van der Waals surface area contributed by atoms with Crippen molar-refractivity contribution in [2.45, 2.75) is 13.2 Å². The summed E-state index contributed by atoms with van der Waals surface area (Å²) in [5, 5.41) is 4.94. The molecule has 2 amide bonds. The van der Waals surface area contributed by atoms with Crippen molar-refractivity contribution in [3.63, 3.8) is 0 Å². The Hall–Kier alpha value is -1.44. The minimum Gasteiger partial charge on any atom is -0.354 e. The number of carbonyl (C=O) groups excluding carboxylic acids is 2. The minimum atomic E-state index is -0.746. The summed E-state index contributed by atoms with van der Waals surface area (Å²) in [5.74, 6) is -1.48. The van der Waals surface area contributed by atoms with Crippen molar-refractivity contribution in [3.8, 4) is 0 Å². The van der Waals surface area contributed by atoms with Crippen molar-refractivity contribution in [1.82, 2.24) is 5.32 Å². The molecule has 0 spiro atoms. The summed E-state index contributed by atoms with van der Waals surface area (Å²) < 4.78 is 10.7. The Morgan fingerprint density at radius 3 is 2.45 bits per heavy atom. The predicted molar refractivity (Wildman–Crippen MR) is 78.3 cm³/mol. The number of hydrogen-bond donors (Lipinski definition) is 2. The summed E-state index contributed by atoms with van der Waals surface area (Å²) >= 11 is 3.36. The van der Waals surface area contributed by atoms with E-state index in [4.69, 9.17) is 9.47 Å². The normalized spacial score (nSPS) is 10.4. The largest absolute Gasteiger partial charge is 0.354 e. The van der Waals surface area contributed by atoms with Gasteiger partial charge in [0.15, 0.2) is 6.29 Å². The second-order valence-electron chi connectivity index (χ2n) is 4.03. The molecule has 110 valence electrons. The van der Waals surface area contributed by atoms with Crippen LogP contribution in [0.1, 0.15) is 5.56 Å². The van der Waals surface area contributed by atoms with E-state index in [1.807, 2.05) is 6.92 Å². The highest BCUT2D eigenvalue weighted by Gasteiger charge is 2.15. The molecule has 0 radical (unpaired) electrons. The van der Waals surface area contributed by atoms with Gasteiger partial charge in [-0.2, -0.15) is 0 Å². The molecule has 0 bridgehead atoms. The zero-order valence-electron chi connectivity index (χ0n) is 11.5. The standard InChI is InChI=1S/C13H17BrN2O4/c1-8-6-9(4-5-10(8)14)16-13(18)12(17)15-7-11(19-2)20-3/h4-6,11H,7H2,1-3H3,(H,15,17)(H,16,18). The van der Waals surface area contributed by atoms with Crippen molar-refractivity contribution in [3.05, 3.63) is 28.2 Å². The fourth-order valence-electron chi connectivity index (χ4n) is 1.43. The highest BCUT2D eigenvalue weighted by atomic mass is 79.9. The Morgan fingerprint density at radius 1 is 1.25 bits per heavy atom. The molecule has 0 aliphatic rings. The number of hydrogen-bond acceptors (Lipinski definition) is 4. The van der Waals surface area contributed by atoms with Gasteiger partial charge in [-0.05, 0) is 30.7 Å². The zero-order valence-corrected chi connectivity index (χ0v) is 13.1. The quantitative estimate of drug-likeness (QED) is 0.625. The van der Waals surface area contributed by atoms with Crippen LogP contribution in [0.25, 0.3) is 0 Å². The highest BCUT2D eigenvalue weighted by molar-refractivity contribution is 9.10. The lowest BCUT2D eigenvalue weighted by Gasteiger charge is -2.13. The first-order chi connectivity index (χ1) is 9.47. The number of halogens is 1. The third kappa shape index (κ3) is 4.92. The van der Waals surface area contributed by atoms with Gasteiger partial charge in [0.2, 0.25) is 0 Å². The van der Waals surface area contributed by atoms with E-state index < -0.39 is 18.1 Å². The lowest BCUT2D eigenvalue weighted by atomic mass is 10.2. The van der Waals surface area contributed by atoms with E-state index in [0.717, 1.165) is 10.0 Å². The third-order valence-electron chi connectivity index (χ3n) is 2.58. The smallest absolute Gasteiger partial charge is 0.313 e. The van der Waals surface area contributed by atoms with Gasteiger partial charge in [-0.1, -0.05) is 15.9 Å². The SMILES string of the molecule is COC(CNC(=O)C(=O)Nc1ccc(Br)c(C)c1)OC. The Labute approximate surface area is 126 Å². The van der Waals surface area contributed by atoms with Crippen LogP contribution in [0.2, 0.25) is 0 Å². The van der Waals surface area contributed by atoms with Gasteiger partial charge in [0.25, 0.3) is 0 Å². The number of ether oxygens (including phenoxy) is 2. The van der Waals surface area contributed by atoms with E-state index >= 15 is 0 Å². The number of carbonyl (C=O) groups is 2. The molecule has 0 aliphatic heterocycles. The topological polar surface area (TPSA) is 76.7 Å². The predicted octanol–water partition coefficient (Wildman–Crippen LogP) is 1.43. The van der Waals surface area contributed by atoms with Gasteiger partial charge in [0.1, 0.15) is 0 Å². The summed E-state index contributed by atoms with van der Waals surface area (Å²) in [6.07, 6.45) is -0.582. The van der Waals surface area contributed by atoms with E-state index in [2.05, 4.69) is 26.6 Å². The monoisotopic (exact) mass is 344 g/mol. The maximum Gasteiger partial charge on any atom is 0.313 e. The number of methoxy groups -OCH3 is 2. The van der Waals surface area contributed by atoms with Gasteiger partial charge in [-0.15, -0.1) is 0 Å². The summed E-state index contributed by atoms with van der Waals surface area (Å²) in [7, 11) is 2.90. The van der Waals surface area contributed by atoms with Gasteiger partial charge >= 0.3 is 11.8 Å². The van der Waals surface area contributed by atoms with Crippen molar-refractivity contribution < 1.29 is 19.1 Å². The molecule has 0 heterocycles. The van der Waals surface area contributed by atoms with Gasteiger partial charge in [0.05, 0.1) is 6.54 Å². The molecule has 2 N–H and O–H groups in total. The Morgan fingerprint density at radius 2 is 1.90 bits per heavy atom. The number of amides is 2. The van der Waals surface area contributed by atoms with Gasteiger partial charge in [0, 0.05) is 24.4 Å². The Kier molecular flexibility index (Phi) is 6.63. The second-order valence-corrected chi connectivity index (χ2v) is 4.88. The zero-order chi connectivity index (χ0) is 15.1. The summed E-state index contributed by atoms with van der Waals surface area (Å²) in [6, 6.07) is 5.27. The number of rotatable bonds is 5. The van der Waals surface area contributed by atoms with E-state index in [1.54, 1.807) is 18.2 Å². The highest BCUT2D eigenvalue weighted by Crippen LogP contribution is 2.19. The summed E-state index contributed by atoms with van der Waals surface area (Å²) in [4.78, 5) is 23.3. The van der Waals surface area contributed by atoms with Crippen LogP contribution in [0.4, 0.5) is 5.69 Å². The molecule has 7 heteroatoms. The molecular formula is C13H17BrN2O4. The molecule has 0 unspecified atom stereocenters. The first-order valence-corrected chi connectivity index (χ1v) is 6.68. The van der Waals surface area contributed by atoms with E-state index in [0.29, 0.717) is 5.69 Å². The van der Waals surface area contributed by atoms with Crippen molar-refractivity contribution >= 4 is 33.4 Å². The molecule has 0 aromatic heterocycles. The summed E-state index contributed by atoms with van der Waals surface area (Å²) in [6.45, 7) is 1.99. The van der Waals surface area contributed by atoms with Crippen molar-refractivity contribution in [2.75, 3.05) is 26.1 Å². The molecule has 1 aromatic rings. The average molecular weight is 345 g/mol. The maximum atomic E-state index is 11.7. The second kappa shape index (κ2) is 7.98. The van der Waals surface area contributed by atoms with Crippen LogP contribution in [0, 0.1) is 6.92 Å². The van der Waals surface area contributed by atoms with Crippen LogP contribution in [0.5, 0.6) is 0 Å². The molecular weight excluding hydrogens is 328 g/mol. The molecule has 0 fully saturated rings. The fourth-order valence-corrected chi connectivity index (χ4v) is 1.68. The Balaban J connectivity index is 2.53. The average Bonchev–Trinajstić information content (AvgIpc) is 2.43. The van der Waals surface area contributed by atoms with E-state index in [9.17, 15) is 9.59 Å². The molecule has 20 heavy (non-hydrogen) atoms. The minimum absolute atomic E-state index is 0.0959. The lowest BCUT2D eigenvalue weighted by Crippen LogP contribution is -2.40. The van der Waals surface area contributed by atoms with Crippen LogP contribution in [0.3, 0.4) is 0 Å². The molecule has 6 nitrogen and oxygen atoms in total. The number of benzene rings is 1. The number of nitrogens with one attached hydrogen (secondary N) is 2. The molecule has 1 aromatic carbocycles. The Bertz CT molecular complexity index is 489. The van der Waals surface area contributed by atoms with E-state index in [1.165, 1.54) is 14.2 Å². The van der Waals surface area contributed by atoms with Crippen LogP contribution < -0.4 is 10.6 Å². The number of anilines is 1. The molecule has 1 rings (SSSR count). The van der Waals surface area contributed by atoms with E-state index in [-0.39, 0.29) is 6.54 Å². The fraction of sp³-hybridized carbons (Fsp3) is 0.385. The first-order valence-electron chi connectivity index (χ1n) is 5.88. The maximum absolute atomic E-state index is 11.7. The number of aryl methyl sites for hydroxylation is 1. The first kappa shape index (κ1) is 16.6. The third-order valence-corrected chi connectivity index (χ3v) is 3.47. The molecule has 0 atom stereocenters. The molecule has 0 saturated heterocycles. The molecule has 0 aliphatic carbocycles. The van der Waals surface area contributed by atoms with Crippen LogP contribution >= 0.6 is 15.9 Å². The van der Waals surface area contributed by atoms with Crippen LogP contribution in [-0.4, -0.2) is 38.9 Å².